The van der Waals surface area contributed by atoms with Crippen LogP contribution in [0.1, 0.15) is 18.2 Å². The van der Waals surface area contributed by atoms with Gasteiger partial charge in [0.25, 0.3) is 0 Å². The van der Waals surface area contributed by atoms with Crippen molar-refractivity contribution in [2.24, 2.45) is 0 Å². The van der Waals surface area contributed by atoms with Crippen molar-refractivity contribution in [3.05, 3.63) is 59.9 Å². The minimum Gasteiger partial charge on any atom is -0.487 e. The van der Waals surface area contributed by atoms with Crippen LogP contribution in [0.2, 0.25) is 0 Å². The van der Waals surface area contributed by atoms with Gasteiger partial charge in [0.15, 0.2) is 0 Å². The van der Waals surface area contributed by atoms with Crippen molar-refractivity contribution in [3.63, 3.8) is 0 Å². The lowest BCUT2D eigenvalue weighted by atomic mass is 10.1. The van der Waals surface area contributed by atoms with Gasteiger partial charge in [-0.25, -0.2) is 0 Å². The summed E-state index contributed by atoms with van der Waals surface area (Å²) < 4.78 is 5.85. The molecular formula is C18H24ClN3O. The molecule has 5 heteroatoms. The summed E-state index contributed by atoms with van der Waals surface area (Å²) in [5.74, 6) is 0.909. The molecule has 1 aromatic carbocycles. The van der Waals surface area contributed by atoms with Gasteiger partial charge in [-0.2, -0.15) is 0 Å². The standard InChI is InChI=1S/C18H23N3O.ClH/c1-15-12-21(10-9-19-15)13-16-5-4-7-18(11-16)22-14-17-6-2-3-8-20-17;/h2-8,11,15,19H,9-10,12-14H2,1H3;1H/t15-;/m1./s1. The molecule has 1 saturated heterocycles. The number of ether oxygens (including phenoxy) is 1. The Morgan fingerprint density at radius 3 is 2.96 bits per heavy atom. The number of pyridine rings is 1. The summed E-state index contributed by atoms with van der Waals surface area (Å²) in [5.41, 5.74) is 2.25. The summed E-state index contributed by atoms with van der Waals surface area (Å²) in [7, 11) is 0. The second-order valence-electron chi connectivity index (χ2n) is 5.85. The third-order valence-corrected chi connectivity index (χ3v) is 3.87. The lowest BCUT2D eigenvalue weighted by Crippen LogP contribution is -2.48. The van der Waals surface area contributed by atoms with Gasteiger partial charge in [0.1, 0.15) is 12.4 Å². The molecule has 0 amide bonds. The van der Waals surface area contributed by atoms with E-state index in [2.05, 4.69) is 40.3 Å². The number of rotatable bonds is 5. The zero-order valence-corrected chi connectivity index (χ0v) is 14.3. The quantitative estimate of drug-likeness (QED) is 0.913. The molecule has 124 valence electrons. The van der Waals surface area contributed by atoms with Gasteiger partial charge < -0.3 is 10.1 Å². The maximum Gasteiger partial charge on any atom is 0.130 e. The summed E-state index contributed by atoms with van der Waals surface area (Å²) in [5, 5.41) is 3.47. The average Bonchev–Trinajstić information content (AvgIpc) is 2.54. The van der Waals surface area contributed by atoms with Crippen LogP contribution in [0.25, 0.3) is 0 Å². The molecule has 1 atom stereocenters. The van der Waals surface area contributed by atoms with Crippen LogP contribution in [0, 0.1) is 0 Å². The highest BCUT2D eigenvalue weighted by atomic mass is 35.5. The number of hydrogen-bond donors (Lipinski definition) is 1. The Morgan fingerprint density at radius 2 is 2.17 bits per heavy atom. The van der Waals surface area contributed by atoms with Crippen molar-refractivity contribution < 1.29 is 4.74 Å². The number of hydrogen-bond acceptors (Lipinski definition) is 4. The van der Waals surface area contributed by atoms with Crippen molar-refractivity contribution in [2.75, 3.05) is 19.6 Å². The van der Waals surface area contributed by atoms with E-state index in [4.69, 9.17) is 4.74 Å². The molecule has 23 heavy (non-hydrogen) atoms. The minimum absolute atomic E-state index is 0. The summed E-state index contributed by atoms with van der Waals surface area (Å²) in [6.07, 6.45) is 1.79. The largest absolute Gasteiger partial charge is 0.487 e. The second-order valence-corrected chi connectivity index (χ2v) is 5.85. The van der Waals surface area contributed by atoms with Gasteiger partial charge in [-0.1, -0.05) is 18.2 Å². The molecule has 4 nitrogen and oxygen atoms in total. The van der Waals surface area contributed by atoms with Crippen LogP contribution in [0.4, 0.5) is 0 Å². The molecule has 0 spiro atoms. The average molecular weight is 334 g/mol. The first-order valence-electron chi connectivity index (χ1n) is 7.87. The summed E-state index contributed by atoms with van der Waals surface area (Å²) in [6, 6.07) is 14.8. The smallest absolute Gasteiger partial charge is 0.130 e. The van der Waals surface area contributed by atoms with Gasteiger partial charge in [0, 0.05) is 38.4 Å². The van der Waals surface area contributed by atoms with E-state index >= 15 is 0 Å². The Morgan fingerprint density at radius 1 is 1.26 bits per heavy atom. The maximum absolute atomic E-state index is 5.85. The van der Waals surface area contributed by atoms with E-state index in [1.54, 1.807) is 6.20 Å². The first kappa shape index (κ1) is 17.7. The van der Waals surface area contributed by atoms with Crippen molar-refractivity contribution >= 4 is 12.4 Å². The number of benzene rings is 1. The van der Waals surface area contributed by atoms with E-state index in [-0.39, 0.29) is 12.4 Å². The molecule has 1 N–H and O–H groups in total. The van der Waals surface area contributed by atoms with Gasteiger partial charge in [-0.15, -0.1) is 12.4 Å². The molecule has 3 rings (SSSR count). The lowest BCUT2D eigenvalue weighted by Gasteiger charge is -2.31. The predicted octanol–water partition coefficient (Wildman–Crippen LogP) is 2.88. The fourth-order valence-electron chi connectivity index (χ4n) is 2.79. The number of nitrogens with zero attached hydrogens (tertiary/aromatic N) is 2. The molecule has 0 bridgehead atoms. The Balaban J connectivity index is 0.00000192. The molecule has 1 fully saturated rings. The highest BCUT2D eigenvalue weighted by molar-refractivity contribution is 5.85. The zero-order valence-electron chi connectivity index (χ0n) is 13.4. The van der Waals surface area contributed by atoms with Crippen LogP contribution in [-0.2, 0) is 13.2 Å². The Hall–Kier alpha value is -1.62. The molecule has 1 aliphatic rings. The topological polar surface area (TPSA) is 37.4 Å². The fourth-order valence-corrected chi connectivity index (χ4v) is 2.79. The zero-order chi connectivity index (χ0) is 15.2. The monoisotopic (exact) mass is 333 g/mol. The maximum atomic E-state index is 5.85. The van der Waals surface area contributed by atoms with E-state index in [0.717, 1.165) is 37.6 Å². The molecule has 0 radical (unpaired) electrons. The molecular weight excluding hydrogens is 310 g/mol. The molecule has 0 aliphatic carbocycles. The van der Waals surface area contributed by atoms with Crippen LogP contribution in [0.15, 0.2) is 48.7 Å². The third kappa shape index (κ3) is 5.50. The summed E-state index contributed by atoms with van der Waals surface area (Å²) in [6.45, 7) is 6.99. The highest BCUT2D eigenvalue weighted by Crippen LogP contribution is 2.17. The first-order chi connectivity index (χ1) is 10.8. The highest BCUT2D eigenvalue weighted by Gasteiger charge is 2.15. The van der Waals surface area contributed by atoms with Crippen LogP contribution < -0.4 is 10.1 Å². The molecule has 1 aromatic heterocycles. The van der Waals surface area contributed by atoms with Crippen LogP contribution in [0.3, 0.4) is 0 Å². The third-order valence-electron chi connectivity index (χ3n) is 3.87. The van der Waals surface area contributed by atoms with E-state index < -0.39 is 0 Å². The molecule has 2 heterocycles. The minimum atomic E-state index is 0. The van der Waals surface area contributed by atoms with Gasteiger partial charge >= 0.3 is 0 Å². The summed E-state index contributed by atoms with van der Waals surface area (Å²) in [4.78, 5) is 6.76. The van der Waals surface area contributed by atoms with Crippen LogP contribution in [0.5, 0.6) is 5.75 Å². The summed E-state index contributed by atoms with van der Waals surface area (Å²) >= 11 is 0. The van der Waals surface area contributed by atoms with Gasteiger partial charge in [-0.05, 0) is 36.8 Å². The Labute approximate surface area is 144 Å². The first-order valence-corrected chi connectivity index (χ1v) is 7.87. The van der Waals surface area contributed by atoms with Crippen LogP contribution in [-0.4, -0.2) is 35.6 Å². The Kier molecular flexibility index (Phi) is 6.84. The molecule has 1 aliphatic heterocycles. The fraction of sp³-hybridized carbons (Fsp3) is 0.389. The van der Waals surface area contributed by atoms with E-state index in [9.17, 15) is 0 Å². The van der Waals surface area contributed by atoms with Crippen molar-refractivity contribution in [2.45, 2.75) is 26.1 Å². The van der Waals surface area contributed by atoms with Crippen molar-refractivity contribution in [1.82, 2.24) is 15.2 Å². The Bertz CT molecular complexity index is 594. The number of aromatic nitrogens is 1. The number of nitrogens with one attached hydrogen (secondary N) is 1. The van der Waals surface area contributed by atoms with E-state index in [1.165, 1.54) is 5.56 Å². The second kappa shape index (κ2) is 8.87. The number of halogens is 1. The number of piperazine rings is 1. The molecule has 0 saturated carbocycles. The lowest BCUT2D eigenvalue weighted by molar-refractivity contribution is 0.199. The van der Waals surface area contributed by atoms with E-state index in [1.807, 2.05) is 24.3 Å². The van der Waals surface area contributed by atoms with Crippen molar-refractivity contribution in [3.8, 4) is 5.75 Å². The SMILES string of the molecule is C[C@@H]1CN(Cc2cccc(OCc3ccccn3)c2)CCN1.Cl. The van der Waals surface area contributed by atoms with Gasteiger partial charge in [0.2, 0.25) is 0 Å². The molecule has 2 aromatic rings. The van der Waals surface area contributed by atoms with Gasteiger partial charge in [-0.3, -0.25) is 9.88 Å². The van der Waals surface area contributed by atoms with Crippen LogP contribution >= 0.6 is 12.4 Å². The van der Waals surface area contributed by atoms with E-state index in [0.29, 0.717) is 12.6 Å². The van der Waals surface area contributed by atoms with Crippen molar-refractivity contribution in [1.29, 1.82) is 0 Å². The van der Waals surface area contributed by atoms with Gasteiger partial charge in [0.05, 0.1) is 5.69 Å². The normalized spacial score (nSPS) is 18.2. The molecule has 0 unspecified atom stereocenters. The predicted molar refractivity (Wildman–Crippen MR) is 95.0 cm³/mol.